The van der Waals surface area contributed by atoms with Gasteiger partial charge in [0.25, 0.3) is 15.7 Å². The first-order valence-electron chi connectivity index (χ1n) is 7.48. The largest absolute Gasteiger partial charge is 0.503 e. The SMILES string of the molecule is O=C(CNC(=O)c1cccnc1S(=O)(=O)C(F)(F)F)NCc1ccccc1. The molecule has 2 aromatic rings. The van der Waals surface area contributed by atoms with Gasteiger partial charge in [0.15, 0.2) is 5.03 Å². The monoisotopic (exact) mass is 401 g/mol. The normalized spacial score (nSPS) is 11.7. The van der Waals surface area contributed by atoms with E-state index in [2.05, 4.69) is 15.6 Å². The van der Waals surface area contributed by atoms with Gasteiger partial charge in [0.05, 0.1) is 12.1 Å². The number of nitrogens with one attached hydrogen (secondary N) is 2. The molecule has 2 N–H and O–H groups in total. The van der Waals surface area contributed by atoms with Gasteiger partial charge >= 0.3 is 5.51 Å². The zero-order valence-electron chi connectivity index (χ0n) is 13.7. The van der Waals surface area contributed by atoms with Crippen molar-refractivity contribution in [3.63, 3.8) is 0 Å². The second kappa shape index (κ2) is 8.16. The smallest absolute Gasteiger partial charge is 0.350 e. The summed E-state index contributed by atoms with van der Waals surface area (Å²) in [5, 5.41) is 3.17. The maximum Gasteiger partial charge on any atom is 0.503 e. The minimum atomic E-state index is -5.81. The molecule has 144 valence electrons. The van der Waals surface area contributed by atoms with Crippen LogP contribution in [-0.2, 0) is 21.2 Å². The molecule has 2 amide bonds. The minimum Gasteiger partial charge on any atom is -0.350 e. The molecule has 0 aliphatic heterocycles. The zero-order chi connectivity index (χ0) is 20.1. The van der Waals surface area contributed by atoms with Crippen LogP contribution < -0.4 is 10.6 Å². The van der Waals surface area contributed by atoms with Gasteiger partial charge in [-0.3, -0.25) is 9.59 Å². The Morgan fingerprint density at radius 2 is 1.67 bits per heavy atom. The molecule has 11 heteroatoms. The molecule has 0 bridgehead atoms. The highest BCUT2D eigenvalue weighted by Gasteiger charge is 2.49. The van der Waals surface area contributed by atoms with E-state index in [0.717, 1.165) is 23.9 Å². The van der Waals surface area contributed by atoms with E-state index in [9.17, 15) is 31.2 Å². The summed E-state index contributed by atoms with van der Waals surface area (Å²) in [5.74, 6) is -1.77. The maximum absolute atomic E-state index is 12.7. The molecule has 0 radical (unpaired) electrons. The summed E-state index contributed by atoms with van der Waals surface area (Å²) < 4.78 is 61.2. The number of nitrogens with zero attached hydrogens (tertiary/aromatic N) is 1. The summed E-state index contributed by atoms with van der Waals surface area (Å²) >= 11 is 0. The first kappa shape index (κ1) is 20.4. The predicted molar refractivity (Wildman–Crippen MR) is 88.1 cm³/mol. The highest BCUT2D eigenvalue weighted by atomic mass is 32.2. The van der Waals surface area contributed by atoms with E-state index >= 15 is 0 Å². The molecule has 0 saturated carbocycles. The van der Waals surface area contributed by atoms with Crippen molar-refractivity contribution in [2.24, 2.45) is 0 Å². The molecule has 0 atom stereocenters. The van der Waals surface area contributed by atoms with Crippen LogP contribution in [0, 0.1) is 0 Å². The molecule has 0 fully saturated rings. The molecule has 0 unspecified atom stereocenters. The van der Waals surface area contributed by atoms with Crippen LogP contribution in [0.2, 0.25) is 0 Å². The first-order valence-corrected chi connectivity index (χ1v) is 8.96. The van der Waals surface area contributed by atoms with E-state index in [1.54, 1.807) is 30.3 Å². The number of carbonyl (C=O) groups excluding carboxylic acids is 2. The van der Waals surface area contributed by atoms with Crippen molar-refractivity contribution >= 4 is 21.7 Å². The molecule has 7 nitrogen and oxygen atoms in total. The van der Waals surface area contributed by atoms with Crippen LogP contribution in [0.5, 0.6) is 0 Å². The third-order valence-electron chi connectivity index (χ3n) is 3.32. The summed E-state index contributed by atoms with van der Waals surface area (Å²) in [4.78, 5) is 27.0. The van der Waals surface area contributed by atoms with Crippen molar-refractivity contribution in [2.75, 3.05) is 6.54 Å². The fraction of sp³-hybridized carbons (Fsp3) is 0.188. The fourth-order valence-electron chi connectivity index (χ4n) is 2.00. The van der Waals surface area contributed by atoms with Crippen molar-refractivity contribution in [3.8, 4) is 0 Å². The average molecular weight is 401 g/mol. The summed E-state index contributed by atoms with van der Waals surface area (Å²) in [7, 11) is -5.81. The summed E-state index contributed by atoms with van der Waals surface area (Å²) in [6.07, 6.45) is 0.821. The van der Waals surface area contributed by atoms with Crippen molar-refractivity contribution in [3.05, 3.63) is 59.8 Å². The first-order chi connectivity index (χ1) is 12.6. The lowest BCUT2D eigenvalue weighted by atomic mass is 10.2. The lowest BCUT2D eigenvalue weighted by Gasteiger charge is -2.12. The van der Waals surface area contributed by atoms with Crippen LogP contribution in [0.15, 0.2) is 53.7 Å². The van der Waals surface area contributed by atoms with Gasteiger partial charge in [-0.1, -0.05) is 30.3 Å². The molecule has 0 saturated heterocycles. The molecule has 0 spiro atoms. The molecule has 0 aliphatic carbocycles. The Labute approximate surface area is 152 Å². The molecule has 0 aliphatic rings. The quantitative estimate of drug-likeness (QED) is 0.762. The van der Waals surface area contributed by atoms with Crippen LogP contribution in [0.25, 0.3) is 0 Å². The van der Waals surface area contributed by atoms with Crippen molar-refractivity contribution in [1.29, 1.82) is 0 Å². The van der Waals surface area contributed by atoms with Crippen molar-refractivity contribution < 1.29 is 31.2 Å². The third-order valence-corrected chi connectivity index (χ3v) is 4.76. The Bertz CT molecular complexity index is 931. The van der Waals surface area contributed by atoms with E-state index in [4.69, 9.17) is 0 Å². The number of halogens is 3. The fourth-order valence-corrected chi connectivity index (χ4v) is 2.87. The van der Waals surface area contributed by atoms with Crippen molar-refractivity contribution in [1.82, 2.24) is 15.6 Å². The highest BCUT2D eigenvalue weighted by molar-refractivity contribution is 7.92. The number of sulfone groups is 1. The number of hydrogen-bond donors (Lipinski definition) is 2. The second-order valence-corrected chi connectivity index (χ2v) is 7.11. The minimum absolute atomic E-state index is 0.191. The highest BCUT2D eigenvalue weighted by Crippen LogP contribution is 2.30. The summed E-state index contributed by atoms with van der Waals surface area (Å²) in [6.45, 7) is -0.359. The summed E-state index contributed by atoms with van der Waals surface area (Å²) in [6, 6.07) is 10.9. The number of alkyl halides is 3. The predicted octanol–water partition coefficient (Wildman–Crippen LogP) is 1.42. The molecule has 1 heterocycles. The van der Waals surface area contributed by atoms with Crippen LogP contribution >= 0.6 is 0 Å². The standard InChI is InChI=1S/C16H14F3N3O4S/c17-16(18,19)27(25,26)15-12(7-4-8-20-15)14(24)22-10-13(23)21-9-11-5-2-1-3-6-11/h1-8H,9-10H2,(H,21,23)(H,22,24). The van der Waals surface area contributed by atoms with E-state index in [0.29, 0.717) is 0 Å². The van der Waals surface area contributed by atoms with Crippen LogP contribution in [0.4, 0.5) is 13.2 Å². The third kappa shape index (κ3) is 5.03. The Morgan fingerprint density at radius 1 is 1.00 bits per heavy atom. The van der Waals surface area contributed by atoms with Crippen LogP contribution in [0.1, 0.15) is 15.9 Å². The lowest BCUT2D eigenvalue weighted by molar-refractivity contribution is -0.120. The van der Waals surface area contributed by atoms with Gasteiger partial charge < -0.3 is 10.6 Å². The Kier molecular flexibility index (Phi) is 6.16. The molecular weight excluding hydrogens is 387 g/mol. The van der Waals surface area contributed by atoms with E-state index in [1.165, 1.54) is 0 Å². The number of rotatable bonds is 6. The van der Waals surface area contributed by atoms with Gasteiger partial charge in [-0.25, -0.2) is 13.4 Å². The Hall–Kier alpha value is -2.95. The lowest BCUT2D eigenvalue weighted by Crippen LogP contribution is -2.37. The van der Waals surface area contributed by atoms with E-state index in [-0.39, 0.29) is 6.54 Å². The Balaban J connectivity index is 2.04. The van der Waals surface area contributed by atoms with Gasteiger partial charge in [0, 0.05) is 12.7 Å². The summed E-state index contributed by atoms with van der Waals surface area (Å²) in [5.41, 5.74) is -5.60. The molecule has 27 heavy (non-hydrogen) atoms. The van der Waals surface area contributed by atoms with Crippen LogP contribution in [-0.4, -0.2) is 37.3 Å². The van der Waals surface area contributed by atoms with Gasteiger partial charge in [-0.15, -0.1) is 0 Å². The topological polar surface area (TPSA) is 105 Å². The zero-order valence-corrected chi connectivity index (χ0v) is 14.5. The number of benzene rings is 1. The number of pyridine rings is 1. The second-order valence-electron chi connectivity index (χ2n) is 5.25. The average Bonchev–Trinajstić information content (AvgIpc) is 2.64. The van der Waals surface area contributed by atoms with E-state index < -0.39 is 44.3 Å². The van der Waals surface area contributed by atoms with Crippen molar-refractivity contribution in [2.45, 2.75) is 17.1 Å². The molecule has 2 rings (SSSR count). The van der Waals surface area contributed by atoms with Gasteiger partial charge in [0.1, 0.15) is 0 Å². The maximum atomic E-state index is 12.7. The molecule has 1 aromatic heterocycles. The number of carbonyl (C=O) groups is 2. The van der Waals surface area contributed by atoms with Gasteiger partial charge in [0.2, 0.25) is 5.91 Å². The number of aromatic nitrogens is 1. The van der Waals surface area contributed by atoms with Gasteiger partial charge in [-0.2, -0.15) is 13.2 Å². The number of amides is 2. The van der Waals surface area contributed by atoms with Gasteiger partial charge in [-0.05, 0) is 17.7 Å². The van der Waals surface area contributed by atoms with E-state index in [1.807, 2.05) is 0 Å². The number of hydrogen-bond acceptors (Lipinski definition) is 5. The van der Waals surface area contributed by atoms with Crippen LogP contribution in [0.3, 0.4) is 0 Å². The molecule has 1 aromatic carbocycles. The molecular formula is C16H14F3N3O4S. The Morgan fingerprint density at radius 3 is 2.30 bits per heavy atom.